The van der Waals surface area contributed by atoms with E-state index in [-0.39, 0.29) is 5.91 Å². The van der Waals surface area contributed by atoms with Crippen molar-refractivity contribution in [3.05, 3.63) is 65.7 Å². The maximum atomic E-state index is 11.7. The molecule has 0 aliphatic carbocycles. The van der Waals surface area contributed by atoms with Gasteiger partial charge in [-0.05, 0) is 30.7 Å². The lowest BCUT2D eigenvalue weighted by atomic mass is 10.2. The molecule has 0 saturated heterocycles. The molecule has 0 heterocycles. The number of aryl methyl sites for hydroxylation is 1. The molecule has 0 atom stereocenters. The summed E-state index contributed by atoms with van der Waals surface area (Å²) < 4.78 is 0. The fourth-order valence-electron chi connectivity index (χ4n) is 1.42. The van der Waals surface area contributed by atoms with Gasteiger partial charge < -0.3 is 4.84 Å². The minimum Gasteiger partial charge on any atom is -0.379 e. The summed E-state index contributed by atoms with van der Waals surface area (Å²) >= 11 is 0. The molecule has 1 N–H and O–H groups in total. The number of rotatable bonds is 3. The second-order valence-electron chi connectivity index (χ2n) is 3.66. The van der Waals surface area contributed by atoms with Crippen LogP contribution in [-0.4, -0.2) is 5.91 Å². The molecular formula is C14H13NO2. The number of hydroxylamine groups is 1. The summed E-state index contributed by atoms with van der Waals surface area (Å²) in [5.41, 5.74) is 3.96. The van der Waals surface area contributed by atoms with Gasteiger partial charge in [0.15, 0.2) is 5.75 Å². The number of carbonyl (C=O) groups excluding carboxylic acids is 1. The molecule has 0 unspecified atom stereocenters. The number of nitrogens with one attached hydrogen (secondary N) is 1. The lowest BCUT2D eigenvalue weighted by Gasteiger charge is -2.08. The minimum absolute atomic E-state index is 0.256. The molecule has 86 valence electrons. The van der Waals surface area contributed by atoms with Crippen molar-refractivity contribution in [3.63, 3.8) is 0 Å². The predicted molar refractivity (Wildman–Crippen MR) is 65.7 cm³/mol. The fraction of sp³-hybridized carbons (Fsp3) is 0.0714. The molecular weight excluding hydrogens is 214 g/mol. The first-order chi connectivity index (χ1) is 8.27. The van der Waals surface area contributed by atoms with Crippen molar-refractivity contribution in [1.82, 2.24) is 5.48 Å². The molecule has 2 aromatic rings. The Kier molecular flexibility index (Phi) is 3.40. The minimum atomic E-state index is -0.256. The van der Waals surface area contributed by atoms with E-state index in [0.717, 1.165) is 5.56 Å². The van der Waals surface area contributed by atoms with Crippen molar-refractivity contribution in [2.75, 3.05) is 0 Å². The van der Waals surface area contributed by atoms with Gasteiger partial charge >= 0.3 is 0 Å². The summed E-state index contributed by atoms with van der Waals surface area (Å²) in [7, 11) is 0. The van der Waals surface area contributed by atoms with Crippen molar-refractivity contribution in [2.24, 2.45) is 0 Å². The number of benzene rings is 2. The number of hydrogen-bond donors (Lipinski definition) is 1. The molecule has 0 spiro atoms. The van der Waals surface area contributed by atoms with Crippen LogP contribution in [0.25, 0.3) is 0 Å². The highest BCUT2D eigenvalue weighted by molar-refractivity contribution is 5.93. The Hall–Kier alpha value is -2.29. The van der Waals surface area contributed by atoms with E-state index in [2.05, 4.69) is 5.48 Å². The Morgan fingerprint density at radius 1 is 1.00 bits per heavy atom. The van der Waals surface area contributed by atoms with Crippen LogP contribution in [0.3, 0.4) is 0 Å². The molecule has 0 aromatic heterocycles. The zero-order valence-corrected chi connectivity index (χ0v) is 9.51. The third-order valence-electron chi connectivity index (χ3n) is 2.38. The van der Waals surface area contributed by atoms with Crippen molar-refractivity contribution in [2.45, 2.75) is 6.92 Å². The maximum Gasteiger partial charge on any atom is 0.283 e. The molecule has 3 heteroatoms. The van der Waals surface area contributed by atoms with E-state index in [1.54, 1.807) is 18.2 Å². The molecule has 1 amide bonds. The summed E-state index contributed by atoms with van der Waals surface area (Å²) in [6.45, 7) is 1.92. The van der Waals surface area contributed by atoms with E-state index < -0.39 is 0 Å². The van der Waals surface area contributed by atoms with Crippen molar-refractivity contribution in [3.8, 4) is 5.75 Å². The predicted octanol–water partition coefficient (Wildman–Crippen LogP) is 2.72. The standard InChI is InChI=1S/C14H13NO2/c1-11-7-5-6-10-13(11)17-15-14(16)12-8-3-2-4-9-12/h2-10H,1H3,(H,15,16). The SMILES string of the molecule is Cc1ccccc1ONC(=O)c1ccccc1. The van der Waals surface area contributed by atoms with E-state index in [1.807, 2.05) is 43.3 Å². The molecule has 3 nitrogen and oxygen atoms in total. The third kappa shape index (κ3) is 2.84. The van der Waals surface area contributed by atoms with Crippen LogP contribution in [0.1, 0.15) is 15.9 Å². The second kappa shape index (κ2) is 5.16. The highest BCUT2D eigenvalue weighted by Crippen LogP contribution is 2.15. The van der Waals surface area contributed by atoms with Gasteiger partial charge in [0, 0.05) is 5.56 Å². The van der Waals surface area contributed by atoms with Gasteiger partial charge in [0.05, 0.1) is 0 Å². The number of amides is 1. The molecule has 0 aliphatic rings. The average molecular weight is 227 g/mol. The van der Waals surface area contributed by atoms with Crippen molar-refractivity contribution in [1.29, 1.82) is 0 Å². The van der Waals surface area contributed by atoms with Crippen LogP contribution < -0.4 is 10.3 Å². The normalized spacial score (nSPS) is 9.71. The zero-order valence-electron chi connectivity index (χ0n) is 9.51. The summed E-state index contributed by atoms with van der Waals surface area (Å²) in [5.74, 6) is 0.394. The Morgan fingerprint density at radius 3 is 2.35 bits per heavy atom. The lowest BCUT2D eigenvalue weighted by Crippen LogP contribution is -2.27. The molecule has 2 rings (SSSR count). The Balaban J connectivity index is 2.00. The van der Waals surface area contributed by atoms with Gasteiger partial charge in [0.2, 0.25) is 0 Å². The van der Waals surface area contributed by atoms with Crippen molar-refractivity contribution < 1.29 is 9.63 Å². The molecule has 2 aromatic carbocycles. The largest absolute Gasteiger partial charge is 0.379 e. The highest BCUT2D eigenvalue weighted by Gasteiger charge is 2.05. The zero-order chi connectivity index (χ0) is 12.1. The molecule has 0 bridgehead atoms. The lowest BCUT2D eigenvalue weighted by molar-refractivity contribution is 0.0759. The number of para-hydroxylation sites is 1. The molecule has 0 aliphatic heterocycles. The van der Waals surface area contributed by atoms with E-state index >= 15 is 0 Å². The van der Waals surface area contributed by atoms with Gasteiger partial charge in [-0.1, -0.05) is 36.4 Å². The van der Waals surface area contributed by atoms with Gasteiger partial charge in [-0.2, -0.15) is 5.48 Å². The van der Waals surface area contributed by atoms with Gasteiger partial charge in [-0.15, -0.1) is 0 Å². The molecule has 0 saturated carbocycles. The molecule has 0 fully saturated rings. The van der Waals surface area contributed by atoms with E-state index in [0.29, 0.717) is 11.3 Å². The van der Waals surface area contributed by atoms with Gasteiger partial charge in [-0.3, -0.25) is 4.79 Å². The second-order valence-corrected chi connectivity index (χ2v) is 3.66. The molecule has 17 heavy (non-hydrogen) atoms. The van der Waals surface area contributed by atoms with E-state index in [4.69, 9.17) is 4.84 Å². The van der Waals surface area contributed by atoms with Crippen LogP contribution in [0.15, 0.2) is 54.6 Å². The quantitative estimate of drug-likeness (QED) is 0.819. The summed E-state index contributed by atoms with van der Waals surface area (Å²) in [6.07, 6.45) is 0. The fourth-order valence-corrected chi connectivity index (χ4v) is 1.42. The first-order valence-corrected chi connectivity index (χ1v) is 5.35. The van der Waals surface area contributed by atoms with Crippen LogP contribution in [0, 0.1) is 6.92 Å². The van der Waals surface area contributed by atoms with Gasteiger partial charge in [-0.25, -0.2) is 0 Å². The van der Waals surface area contributed by atoms with Gasteiger partial charge in [0.1, 0.15) is 0 Å². The van der Waals surface area contributed by atoms with Crippen molar-refractivity contribution >= 4 is 5.91 Å². The first kappa shape index (κ1) is 11.2. The monoisotopic (exact) mass is 227 g/mol. The van der Waals surface area contributed by atoms with Crippen LogP contribution in [0.4, 0.5) is 0 Å². The Labute approximate surface area is 100.0 Å². The summed E-state index contributed by atoms with van der Waals surface area (Å²) in [4.78, 5) is 16.9. The average Bonchev–Trinajstić information content (AvgIpc) is 2.38. The number of carbonyl (C=O) groups is 1. The summed E-state index contributed by atoms with van der Waals surface area (Å²) in [5, 5.41) is 0. The smallest absolute Gasteiger partial charge is 0.283 e. The highest BCUT2D eigenvalue weighted by atomic mass is 16.7. The Morgan fingerprint density at radius 2 is 1.65 bits per heavy atom. The van der Waals surface area contributed by atoms with Gasteiger partial charge in [0.25, 0.3) is 5.91 Å². The molecule has 0 radical (unpaired) electrons. The third-order valence-corrected chi connectivity index (χ3v) is 2.38. The van der Waals surface area contributed by atoms with Crippen LogP contribution in [0.2, 0.25) is 0 Å². The first-order valence-electron chi connectivity index (χ1n) is 5.35. The maximum absolute atomic E-state index is 11.7. The van der Waals surface area contributed by atoms with E-state index in [1.165, 1.54) is 0 Å². The van der Waals surface area contributed by atoms with E-state index in [9.17, 15) is 4.79 Å². The van der Waals surface area contributed by atoms with Crippen LogP contribution in [0.5, 0.6) is 5.75 Å². The van der Waals surface area contributed by atoms with Crippen LogP contribution >= 0.6 is 0 Å². The van der Waals surface area contributed by atoms with Crippen LogP contribution in [-0.2, 0) is 0 Å². The number of hydrogen-bond acceptors (Lipinski definition) is 2. The topological polar surface area (TPSA) is 38.3 Å². The summed E-state index contributed by atoms with van der Waals surface area (Å²) in [6, 6.07) is 16.4. The Bertz CT molecular complexity index is 509.